The van der Waals surface area contributed by atoms with E-state index >= 15 is 0 Å². The smallest absolute Gasteiger partial charge is 0.267 e. The first-order valence-electron chi connectivity index (χ1n) is 8.18. The van der Waals surface area contributed by atoms with Crippen LogP contribution in [0.4, 0.5) is 0 Å². The third kappa shape index (κ3) is 4.18. The Hall–Kier alpha value is -3.35. The van der Waals surface area contributed by atoms with E-state index < -0.39 is 0 Å². The van der Waals surface area contributed by atoms with Crippen LogP contribution in [-0.4, -0.2) is 29.3 Å². The summed E-state index contributed by atoms with van der Waals surface area (Å²) in [6.07, 6.45) is 2.15. The highest BCUT2D eigenvalue weighted by molar-refractivity contribution is 5.75. The quantitative estimate of drug-likeness (QED) is 0.701. The molecular formula is C19H19N3O4. The second-order valence-electron chi connectivity index (χ2n) is 5.60. The fourth-order valence-corrected chi connectivity index (χ4v) is 2.56. The fraction of sp³-hybridized carbons (Fsp3) is 0.211. The number of hydrogen-bond donors (Lipinski definition) is 1. The molecule has 1 amide bonds. The highest BCUT2D eigenvalue weighted by Gasteiger charge is 2.09. The first-order chi connectivity index (χ1) is 12.7. The molecule has 0 atom stereocenters. The van der Waals surface area contributed by atoms with Gasteiger partial charge in [-0.25, -0.2) is 4.68 Å². The lowest BCUT2D eigenvalue weighted by atomic mass is 10.1. The van der Waals surface area contributed by atoms with Crippen LogP contribution in [-0.2, 0) is 17.8 Å². The third-order valence-corrected chi connectivity index (χ3v) is 3.84. The number of carbonyl (C=O) groups is 1. The molecule has 7 heteroatoms. The van der Waals surface area contributed by atoms with Crippen molar-refractivity contribution in [2.75, 3.05) is 13.7 Å². The molecule has 3 aromatic rings. The fourth-order valence-electron chi connectivity index (χ4n) is 2.56. The molecule has 1 aromatic carbocycles. The van der Waals surface area contributed by atoms with Gasteiger partial charge in [0.15, 0.2) is 5.76 Å². The molecule has 1 N–H and O–H groups in total. The van der Waals surface area contributed by atoms with E-state index in [0.717, 1.165) is 16.0 Å². The van der Waals surface area contributed by atoms with Crippen LogP contribution in [0.3, 0.4) is 0 Å². The van der Waals surface area contributed by atoms with Gasteiger partial charge in [-0.1, -0.05) is 18.2 Å². The Morgan fingerprint density at radius 1 is 1.19 bits per heavy atom. The predicted molar refractivity (Wildman–Crippen MR) is 95.9 cm³/mol. The molecular weight excluding hydrogens is 334 g/mol. The minimum atomic E-state index is -0.347. The normalized spacial score (nSPS) is 10.5. The van der Waals surface area contributed by atoms with E-state index in [9.17, 15) is 9.59 Å². The van der Waals surface area contributed by atoms with Crippen LogP contribution in [0.15, 0.2) is 64.0 Å². The zero-order chi connectivity index (χ0) is 18.4. The second-order valence-corrected chi connectivity index (χ2v) is 5.60. The Labute approximate surface area is 150 Å². The van der Waals surface area contributed by atoms with Crippen molar-refractivity contribution in [1.82, 2.24) is 15.1 Å². The highest BCUT2D eigenvalue weighted by Crippen LogP contribution is 2.17. The molecule has 134 valence electrons. The first-order valence-corrected chi connectivity index (χ1v) is 8.18. The lowest BCUT2D eigenvalue weighted by Gasteiger charge is -2.10. The van der Waals surface area contributed by atoms with E-state index in [0.29, 0.717) is 24.4 Å². The van der Waals surface area contributed by atoms with Crippen LogP contribution < -0.4 is 15.6 Å². The van der Waals surface area contributed by atoms with Crippen molar-refractivity contribution in [1.29, 1.82) is 0 Å². The average Bonchev–Trinajstić information content (AvgIpc) is 3.18. The van der Waals surface area contributed by atoms with Crippen LogP contribution >= 0.6 is 0 Å². The van der Waals surface area contributed by atoms with Crippen molar-refractivity contribution in [2.45, 2.75) is 13.0 Å². The number of aromatic nitrogens is 2. The van der Waals surface area contributed by atoms with Crippen LogP contribution in [0.5, 0.6) is 5.75 Å². The van der Waals surface area contributed by atoms with Crippen LogP contribution in [0, 0.1) is 0 Å². The van der Waals surface area contributed by atoms with Gasteiger partial charge < -0.3 is 14.5 Å². The van der Waals surface area contributed by atoms with E-state index in [1.165, 1.54) is 12.3 Å². The minimum Gasteiger partial charge on any atom is -0.496 e. The van der Waals surface area contributed by atoms with E-state index in [2.05, 4.69) is 10.4 Å². The molecule has 0 saturated carbocycles. The molecule has 0 spiro atoms. The van der Waals surface area contributed by atoms with Gasteiger partial charge >= 0.3 is 0 Å². The second kappa shape index (κ2) is 8.15. The summed E-state index contributed by atoms with van der Waals surface area (Å²) in [5.74, 6) is 1.03. The zero-order valence-electron chi connectivity index (χ0n) is 14.3. The highest BCUT2D eigenvalue weighted by atomic mass is 16.5. The molecule has 0 saturated heterocycles. The van der Waals surface area contributed by atoms with E-state index in [4.69, 9.17) is 9.15 Å². The minimum absolute atomic E-state index is 0.153. The topological polar surface area (TPSA) is 86.4 Å². The van der Waals surface area contributed by atoms with Crippen molar-refractivity contribution in [3.63, 3.8) is 0 Å². The summed E-state index contributed by atoms with van der Waals surface area (Å²) in [4.78, 5) is 24.1. The summed E-state index contributed by atoms with van der Waals surface area (Å²) in [5, 5.41) is 6.97. The molecule has 3 rings (SSSR count). The van der Waals surface area contributed by atoms with Gasteiger partial charge in [0.25, 0.3) is 5.56 Å². The Morgan fingerprint density at radius 2 is 2.04 bits per heavy atom. The monoisotopic (exact) mass is 353 g/mol. The van der Waals surface area contributed by atoms with Gasteiger partial charge in [-0.05, 0) is 36.2 Å². The molecule has 0 aliphatic carbocycles. The molecule has 0 unspecified atom stereocenters. The largest absolute Gasteiger partial charge is 0.496 e. The van der Waals surface area contributed by atoms with Crippen LogP contribution in [0.1, 0.15) is 5.56 Å². The van der Waals surface area contributed by atoms with Gasteiger partial charge in [-0.2, -0.15) is 5.10 Å². The standard InChI is InChI=1S/C19H19N3O4/c1-25-16-6-3-2-5-14(16)10-11-20-18(23)13-22-19(24)9-8-15(21-22)17-7-4-12-26-17/h2-9,12H,10-11,13H2,1H3,(H,20,23). The van der Waals surface area contributed by atoms with Gasteiger partial charge in [0, 0.05) is 12.6 Å². The number of nitrogens with one attached hydrogen (secondary N) is 1. The van der Waals surface area contributed by atoms with Gasteiger partial charge in [0.2, 0.25) is 5.91 Å². The maximum atomic E-state index is 12.1. The van der Waals surface area contributed by atoms with E-state index in [-0.39, 0.29) is 18.0 Å². The summed E-state index contributed by atoms with van der Waals surface area (Å²) in [5.41, 5.74) is 1.15. The number of ether oxygens (including phenoxy) is 1. The Bertz CT molecular complexity index is 932. The van der Waals surface area contributed by atoms with Gasteiger partial charge in [-0.3, -0.25) is 9.59 Å². The maximum absolute atomic E-state index is 12.1. The SMILES string of the molecule is COc1ccccc1CCNC(=O)Cn1nc(-c2ccco2)ccc1=O. The van der Waals surface area contributed by atoms with E-state index in [1.54, 1.807) is 25.3 Å². The lowest BCUT2D eigenvalue weighted by molar-refractivity contribution is -0.121. The molecule has 0 bridgehead atoms. The summed E-state index contributed by atoms with van der Waals surface area (Å²) in [6.45, 7) is 0.283. The Kier molecular flexibility index (Phi) is 5.48. The summed E-state index contributed by atoms with van der Waals surface area (Å²) in [7, 11) is 1.61. The number of para-hydroxylation sites is 1. The number of furan rings is 1. The molecule has 0 aliphatic heterocycles. The first kappa shape index (κ1) is 17.5. The number of amides is 1. The molecule has 0 radical (unpaired) electrons. The van der Waals surface area contributed by atoms with Crippen molar-refractivity contribution < 1.29 is 13.9 Å². The number of hydrogen-bond acceptors (Lipinski definition) is 5. The maximum Gasteiger partial charge on any atom is 0.267 e. The lowest BCUT2D eigenvalue weighted by Crippen LogP contribution is -2.34. The number of carbonyl (C=O) groups excluding carboxylic acids is 1. The molecule has 2 heterocycles. The van der Waals surface area contributed by atoms with Crippen molar-refractivity contribution in [3.05, 3.63) is 70.7 Å². The number of nitrogens with zero attached hydrogens (tertiary/aromatic N) is 2. The van der Waals surface area contributed by atoms with Crippen molar-refractivity contribution in [3.8, 4) is 17.2 Å². The van der Waals surface area contributed by atoms with Crippen LogP contribution in [0.2, 0.25) is 0 Å². The van der Waals surface area contributed by atoms with Gasteiger partial charge in [0.1, 0.15) is 18.0 Å². The molecule has 0 aliphatic rings. The van der Waals surface area contributed by atoms with Crippen molar-refractivity contribution in [2.24, 2.45) is 0 Å². The average molecular weight is 353 g/mol. The zero-order valence-corrected chi connectivity index (χ0v) is 14.3. The number of rotatable bonds is 7. The van der Waals surface area contributed by atoms with Crippen molar-refractivity contribution >= 4 is 5.91 Å². The number of benzene rings is 1. The summed E-state index contributed by atoms with van der Waals surface area (Å²) < 4.78 is 11.7. The van der Waals surface area contributed by atoms with Gasteiger partial charge in [-0.15, -0.1) is 0 Å². The van der Waals surface area contributed by atoms with Gasteiger partial charge in [0.05, 0.1) is 13.4 Å². The number of methoxy groups -OCH3 is 1. The Balaban J connectivity index is 1.60. The summed E-state index contributed by atoms with van der Waals surface area (Å²) >= 11 is 0. The molecule has 7 nitrogen and oxygen atoms in total. The third-order valence-electron chi connectivity index (χ3n) is 3.84. The molecule has 2 aromatic heterocycles. The predicted octanol–water partition coefficient (Wildman–Crippen LogP) is 1.87. The Morgan fingerprint density at radius 3 is 2.81 bits per heavy atom. The van der Waals surface area contributed by atoms with E-state index in [1.807, 2.05) is 24.3 Å². The summed E-state index contributed by atoms with van der Waals surface area (Å²) in [6, 6.07) is 14.0. The molecule has 0 fully saturated rings. The van der Waals surface area contributed by atoms with Crippen LogP contribution in [0.25, 0.3) is 11.5 Å². The molecule has 26 heavy (non-hydrogen) atoms.